The highest BCUT2D eigenvalue weighted by molar-refractivity contribution is 7.80. The molecule has 0 bridgehead atoms. The number of hydrogen-bond donors (Lipinski definition) is 1. The fourth-order valence-electron chi connectivity index (χ4n) is 2.80. The maximum absolute atomic E-state index is 12.2. The van der Waals surface area contributed by atoms with E-state index in [1.165, 1.54) is 12.1 Å². The fraction of sp³-hybridized carbons (Fsp3) is 0.421. The maximum atomic E-state index is 12.2. The molecule has 0 aromatic heterocycles. The highest BCUT2D eigenvalue weighted by Crippen LogP contribution is 2.28. The lowest BCUT2D eigenvalue weighted by molar-refractivity contribution is -0.385. The molecule has 1 saturated heterocycles. The zero-order chi connectivity index (χ0) is 21.8. The van der Waals surface area contributed by atoms with E-state index in [0.717, 1.165) is 0 Å². The molecule has 0 saturated carbocycles. The monoisotopic (exact) mass is 417 g/mol. The molecule has 1 aliphatic rings. The standard InChI is InChI=1S/C19H23N5O4S/c1-19(2,3)28-18(25)23-8-6-22(7-9-23)15-5-4-13(16(11-15)24(26)27)10-14(12-20)17(21)29/h4-5,10-11H,6-9H2,1-3H3,(H2,21,29). The number of nitro benzene ring substituents is 1. The summed E-state index contributed by atoms with van der Waals surface area (Å²) in [6, 6.07) is 6.58. The maximum Gasteiger partial charge on any atom is 0.410 e. The van der Waals surface area contributed by atoms with Crippen molar-refractivity contribution in [3.05, 3.63) is 39.4 Å². The van der Waals surface area contributed by atoms with Crippen molar-refractivity contribution >= 4 is 40.8 Å². The van der Waals surface area contributed by atoms with Gasteiger partial charge in [-0.2, -0.15) is 5.26 Å². The third-order valence-electron chi connectivity index (χ3n) is 4.19. The number of nitro groups is 1. The molecule has 0 unspecified atom stereocenters. The van der Waals surface area contributed by atoms with E-state index in [-0.39, 0.29) is 27.9 Å². The number of piperazine rings is 1. The summed E-state index contributed by atoms with van der Waals surface area (Å²) in [6.45, 7) is 7.36. The smallest absolute Gasteiger partial charge is 0.410 e. The number of carbonyl (C=O) groups is 1. The van der Waals surface area contributed by atoms with Crippen LogP contribution in [0.3, 0.4) is 0 Å². The van der Waals surface area contributed by atoms with Gasteiger partial charge < -0.3 is 20.3 Å². The van der Waals surface area contributed by atoms with Gasteiger partial charge in [0.05, 0.1) is 16.1 Å². The number of benzene rings is 1. The summed E-state index contributed by atoms with van der Waals surface area (Å²) >= 11 is 4.78. The summed E-state index contributed by atoms with van der Waals surface area (Å²) in [5, 5.41) is 20.6. The van der Waals surface area contributed by atoms with Crippen molar-refractivity contribution in [2.24, 2.45) is 5.73 Å². The lowest BCUT2D eigenvalue weighted by Crippen LogP contribution is -2.50. The summed E-state index contributed by atoms with van der Waals surface area (Å²) in [7, 11) is 0. The highest BCUT2D eigenvalue weighted by atomic mass is 32.1. The Morgan fingerprint density at radius 2 is 1.97 bits per heavy atom. The van der Waals surface area contributed by atoms with E-state index < -0.39 is 10.5 Å². The molecule has 1 fully saturated rings. The highest BCUT2D eigenvalue weighted by Gasteiger charge is 2.27. The van der Waals surface area contributed by atoms with Crippen LogP contribution < -0.4 is 10.6 Å². The van der Waals surface area contributed by atoms with Crippen LogP contribution in [0.4, 0.5) is 16.2 Å². The van der Waals surface area contributed by atoms with Crippen LogP contribution in [0.25, 0.3) is 6.08 Å². The van der Waals surface area contributed by atoms with Crippen molar-refractivity contribution in [3.8, 4) is 6.07 Å². The predicted octanol–water partition coefficient (Wildman–Crippen LogP) is 2.84. The van der Waals surface area contributed by atoms with E-state index in [1.54, 1.807) is 17.0 Å². The minimum atomic E-state index is -0.563. The zero-order valence-corrected chi connectivity index (χ0v) is 17.4. The lowest BCUT2D eigenvalue weighted by Gasteiger charge is -2.36. The summed E-state index contributed by atoms with van der Waals surface area (Å²) in [6.07, 6.45) is 0.940. The van der Waals surface area contributed by atoms with Crippen LogP contribution >= 0.6 is 12.2 Å². The molecule has 9 nitrogen and oxygen atoms in total. The first kappa shape index (κ1) is 22.1. The zero-order valence-electron chi connectivity index (χ0n) is 16.5. The first-order chi connectivity index (χ1) is 13.5. The molecule has 10 heteroatoms. The molecule has 1 aromatic rings. The first-order valence-electron chi connectivity index (χ1n) is 8.95. The number of amides is 1. The SMILES string of the molecule is CC(C)(C)OC(=O)N1CCN(c2ccc(C=C(C#N)C(N)=S)c([N+](=O)[O-])c2)CC1. The number of nitriles is 1. The summed E-state index contributed by atoms with van der Waals surface area (Å²) in [4.78, 5) is 26.6. The molecular weight excluding hydrogens is 394 g/mol. The molecule has 1 aliphatic heterocycles. The molecule has 2 N–H and O–H groups in total. The Morgan fingerprint density at radius 3 is 2.45 bits per heavy atom. The second-order valence-electron chi connectivity index (χ2n) is 7.49. The molecule has 1 amide bonds. The Hall–Kier alpha value is -3.19. The number of rotatable bonds is 4. The fourth-order valence-corrected chi connectivity index (χ4v) is 2.90. The second-order valence-corrected chi connectivity index (χ2v) is 7.93. The van der Waals surface area contributed by atoms with Crippen LogP contribution in [0.2, 0.25) is 0 Å². The molecule has 1 aromatic carbocycles. The summed E-state index contributed by atoms with van der Waals surface area (Å²) < 4.78 is 5.38. The topological polar surface area (TPSA) is 126 Å². The third-order valence-corrected chi connectivity index (χ3v) is 4.41. The van der Waals surface area contributed by atoms with E-state index in [2.05, 4.69) is 0 Å². The summed E-state index contributed by atoms with van der Waals surface area (Å²) in [5.41, 5.74) is 5.66. The van der Waals surface area contributed by atoms with Crippen molar-refractivity contribution in [1.29, 1.82) is 5.26 Å². The average molecular weight is 417 g/mol. The Morgan fingerprint density at radius 1 is 1.34 bits per heavy atom. The van der Waals surface area contributed by atoms with Crippen molar-refractivity contribution < 1.29 is 14.5 Å². The molecule has 1 heterocycles. The van der Waals surface area contributed by atoms with E-state index in [0.29, 0.717) is 31.9 Å². The van der Waals surface area contributed by atoms with Crippen LogP contribution in [-0.2, 0) is 4.74 Å². The van der Waals surface area contributed by atoms with Gasteiger partial charge in [-0.1, -0.05) is 12.2 Å². The van der Waals surface area contributed by atoms with Crippen molar-refractivity contribution in [2.75, 3.05) is 31.1 Å². The molecule has 0 aliphatic carbocycles. The number of nitrogens with two attached hydrogens (primary N) is 1. The summed E-state index contributed by atoms with van der Waals surface area (Å²) in [5.74, 6) is 0. The molecule has 2 rings (SSSR count). The van der Waals surface area contributed by atoms with Gasteiger partial charge in [0, 0.05) is 37.9 Å². The molecule has 29 heavy (non-hydrogen) atoms. The number of thiocarbonyl (C=S) groups is 1. The Kier molecular flexibility index (Phi) is 6.76. The lowest BCUT2D eigenvalue weighted by atomic mass is 10.1. The minimum Gasteiger partial charge on any atom is -0.444 e. The van der Waals surface area contributed by atoms with Crippen LogP contribution in [-0.4, -0.2) is 52.7 Å². The van der Waals surface area contributed by atoms with Gasteiger partial charge in [-0.05, 0) is 39.0 Å². The second kappa shape index (κ2) is 8.87. The van der Waals surface area contributed by atoms with Gasteiger partial charge in [-0.25, -0.2) is 4.79 Å². The van der Waals surface area contributed by atoms with E-state index in [9.17, 15) is 14.9 Å². The molecule has 0 atom stereocenters. The largest absolute Gasteiger partial charge is 0.444 e. The van der Waals surface area contributed by atoms with Crippen molar-refractivity contribution in [2.45, 2.75) is 26.4 Å². The Labute approximate surface area is 174 Å². The number of anilines is 1. The molecule has 0 spiro atoms. The predicted molar refractivity (Wildman–Crippen MR) is 113 cm³/mol. The van der Waals surface area contributed by atoms with Gasteiger partial charge >= 0.3 is 6.09 Å². The number of carbonyl (C=O) groups excluding carboxylic acids is 1. The molecule has 154 valence electrons. The van der Waals surface area contributed by atoms with E-state index >= 15 is 0 Å². The van der Waals surface area contributed by atoms with Gasteiger partial charge in [0.2, 0.25) is 0 Å². The number of hydrogen-bond acceptors (Lipinski definition) is 7. The van der Waals surface area contributed by atoms with Crippen molar-refractivity contribution in [1.82, 2.24) is 4.90 Å². The van der Waals surface area contributed by atoms with Gasteiger partial charge in [-0.3, -0.25) is 10.1 Å². The number of ether oxygens (including phenoxy) is 1. The molecular formula is C19H23N5O4S. The quantitative estimate of drug-likeness (QED) is 0.261. The van der Waals surface area contributed by atoms with Gasteiger partial charge in [0.25, 0.3) is 5.69 Å². The van der Waals surface area contributed by atoms with Crippen molar-refractivity contribution in [3.63, 3.8) is 0 Å². The van der Waals surface area contributed by atoms with Crippen LogP contribution in [0.15, 0.2) is 23.8 Å². The van der Waals surface area contributed by atoms with Gasteiger partial charge in [0.15, 0.2) is 0 Å². The van der Waals surface area contributed by atoms with Gasteiger partial charge in [-0.15, -0.1) is 0 Å². The average Bonchev–Trinajstić information content (AvgIpc) is 2.64. The first-order valence-corrected chi connectivity index (χ1v) is 9.35. The van der Waals surface area contributed by atoms with Crippen LogP contribution in [0, 0.1) is 21.4 Å². The third kappa shape index (κ3) is 5.89. The minimum absolute atomic E-state index is 0.00169. The van der Waals surface area contributed by atoms with Crippen LogP contribution in [0.1, 0.15) is 26.3 Å². The Balaban J connectivity index is 2.18. The van der Waals surface area contributed by atoms with Crippen LogP contribution in [0.5, 0.6) is 0 Å². The Bertz CT molecular complexity index is 893. The van der Waals surface area contributed by atoms with E-state index in [1.807, 2.05) is 31.7 Å². The van der Waals surface area contributed by atoms with E-state index in [4.69, 9.17) is 28.0 Å². The normalized spacial score (nSPS) is 14.9. The number of nitrogens with zero attached hydrogens (tertiary/aromatic N) is 4. The molecule has 0 radical (unpaired) electrons. The van der Waals surface area contributed by atoms with Gasteiger partial charge in [0.1, 0.15) is 16.7 Å².